The first-order valence-electron chi connectivity index (χ1n) is 9.12. The second-order valence-electron chi connectivity index (χ2n) is 6.77. The zero-order valence-corrected chi connectivity index (χ0v) is 16.3. The molecule has 29 heavy (non-hydrogen) atoms. The molecule has 0 unspecified atom stereocenters. The van der Waals surface area contributed by atoms with Gasteiger partial charge >= 0.3 is 0 Å². The van der Waals surface area contributed by atoms with Crippen molar-refractivity contribution in [2.45, 2.75) is 13.8 Å². The summed E-state index contributed by atoms with van der Waals surface area (Å²) in [4.78, 5) is 40.6. The fourth-order valence-corrected chi connectivity index (χ4v) is 3.50. The molecule has 3 N–H and O–H groups in total. The van der Waals surface area contributed by atoms with Gasteiger partial charge in [-0.2, -0.15) is 0 Å². The third-order valence-electron chi connectivity index (χ3n) is 4.88. The number of fused-ring (bicyclic) bond motifs is 1. The van der Waals surface area contributed by atoms with Crippen LogP contribution in [0.25, 0.3) is 22.4 Å². The van der Waals surface area contributed by atoms with Crippen LogP contribution in [0.5, 0.6) is 0 Å². The molecule has 1 amide bonds. The van der Waals surface area contributed by atoms with Gasteiger partial charge in [0.15, 0.2) is 5.78 Å². The van der Waals surface area contributed by atoms with Crippen LogP contribution in [0.1, 0.15) is 37.7 Å². The number of benzene rings is 2. The van der Waals surface area contributed by atoms with Crippen LogP contribution in [0.15, 0.2) is 48.5 Å². The summed E-state index contributed by atoms with van der Waals surface area (Å²) in [5.41, 5.74) is 7.84. The molecular weight excluding hydrogens is 368 g/mol. The molecule has 2 aromatic heterocycles. The van der Waals surface area contributed by atoms with Crippen LogP contribution >= 0.6 is 0 Å². The van der Waals surface area contributed by atoms with Gasteiger partial charge in [0.1, 0.15) is 11.5 Å². The molecule has 7 heteroatoms. The van der Waals surface area contributed by atoms with Gasteiger partial charge in [-0.1, -0.05) is 30.3 Å². The molecule has 0 aliphatic rings. The topological polar surface area (TPSA) is 99.9 Å². The number of aromatic amines is 2. The van der Waals surface area contributed by atoms with Gasteiger partial charge in [-0.15, -0.1) is 0 Å². The van der Waals surface area contributed by atoms with E-state index in [1.807, 2.05) is 38.1 Å². The number of nitrogens with zero attached hydrogens (tertiary/aromatic N) is 1. The molecule has 2 heterocycles. The van der Waals surface area contributed by atoms with Crippen LogP contribution in [0, 0.1) is 13.8 Å². The number of aryl methyl sites for hydroxylation is 1. The van der Waals surface area contributed by atoms with Gasteiger partial charge in [0.2, 0.25) is 0 Å². The first-order chi connectivity index (χ1) is 14.0. The summed E-state index contributed by atoms with van der Waals surface area (Å²) < 4.78 is 0. The lowest BCUT2D eigenvalue weighted by molar-refractivity contribution is 0.0532. The number of carbonyl (C=O) groups excluding carboxylic acids is 2. The highest BCUT2D eigenvalue weighted by molar-refractivity contribution is 6.10. The zero-order valence-electron chi connectivity index (χ0n) is 16.3. The Morgan fingerprint density at radius 2 is 1.76 bits per heavy atom. The molecule has 0 fully saturated rings. The van der Waals surface area contributed by atoms with Crippen LogP contribution in [0.2, 0.25) is 0 Å². The van der Waals surface area contributed by atoms with Crippen LogP contribution < -0.4 is 5.48 Å². The second kappa shape index (κ2) is 7.37. The Labute approximate surface area is 167 Å². The summed E-state index contributed by atoms with van der Waals surface area (Å²) in [7, 11) is 1.39. The van der Waals surface area contributed by atoms with Crippen LogP contribution in [0.4, 0.5) is 0 Å². The van der Waals surface area contributed by atoms with E-state index in [-0.39, 0.29) is 11.7 Å². The maximum absolute atomic E-state index is 12.7. The molecule has 0 aliphatic heterocycles. The quantitative estimate of drug-likeness (QED) is 0.358. The van der Waals surface area contributed by atoms with Crippen molar-refractivity contribution in [1.29, 1.82) is 0 Å². The molecule has 0 spiro atoms. The summed E-state index contributed by atoms with van der Waals surface area (Å²) in [5, 5.41) is 0. The lowest BCUT2D eigenvalue weighted by atomic mass is 10.0. The van der Waals surface area contributed by atoms with Crippen molar-refractivity contribution in [1.82, 2.24) is 20.4 Å². The van der Waals surface area contributed by atoms with Gasteiger partial charge in [0, 0.05) is 22.4 Å². The SMILES string of the molecule is CONC(=O)c1[nH]c(C)c(-c2nc3ccc(C(=O)c4ccccc4)cc3[nH]2)c1C. The maximum Gasteiger partial charge on any atom is 0.291 e. The van der Waals surface area contributed by atoms with Crippen molar-refractivity contribution in [3.8, 4) is 11.4 Å². The summed E-state index contributed by atoms with van der Waals surface area (Å²) in [6, 6.07) is 14.6. The van der Waals surface area contributed by atoms with Gasteiger partial charge in [-0.05, 0) is 37.6 Å². The number of hydroxylamine groups is 1. The lowest BCUT2D eigenvalue weighted by Gasteiger charge is -2.01. The molecule has 2 aromatic carbocycles. The molecule has 0 saturated carbocycles. The number of imidazole rings is 1. The summed E-state index contributed by atoms with van der Waals surface area (Å²) in [5.74, 6) is 0.231. The van der Waals surface area contributed by atoms with E-state index in [0.717, 1.165) is 27.9 Å². The van der Waals surface area contributed by atoms with Gasteiger partial charge < -0.3 is 9.97 Å². The predicted octanol–water partition coefficient (Wildman–Crippen LogP) is 3.70. The van der Waals surface area contributed by atoms with Crippen LogP contribution in [-0.4, -0.2) is 33.8 Å². The zero-order chi connectivity index (χ0) is 20.5. The third kappa shape index (κ3) is 3.32. The second-order valence-corrected chi connectivity index (χ2v) is 6.77. The lowest BCUT2D eigenvalue weighted by Crippen LogP contribution is -2.22. The minimum Gasteiger partial charge on any atom is -0.354 e. The molecule has 0 atom stereocenters. The standard InChI is InChI=1S/C22H20N4O3/c1-12-18(13(2)23-19(12)22(28)26-29-3)21-24-16-10-9-15(11-17(16)25-21)20(27)14-7-5-4-6-8-14/h4-11,23H,1-3H3,(H,24,25)(H,26,28). The third-order valence-corrected chi connectivity index (χ3v) is 4.88. The number of hydrogen-bond donors (Lipinski definition) is 3. The fourth-order valence-electron chi connectivity index (χ4n) is 3.50. The highest BCUT2D eigenvalue weighted by atomic mass is 16.6. The number of ketones is 1. The number of amides is 1. The van der Waals surface area contributed by atoms with Crippen molar-refractivity contribution in [3.05, 3.63) is 76.6 Å². The molecule has 4 rings (SSSR count). The molecule has 146 valence electrons. The Morgan fingerprint density at radius 1 is 1.00 bits per heavy atom. The summed E-state index contributed by atoms with van der Waals surface area (Å²) in [6.07, 6.45) is 0. The first kappa shape index (κ1) is 18.6. The Morgan fingerprint density at radius 3 is 2.48 bits per heavy atom. The number of hydrogen-bond acceptors (Lipinski definition) is 4. The van der Waals surface area contributed by atoms with Crippen LogP contribution in [-0.2, 0) is 4.84 Å². The van der Waals surface area contributed by atoms with E-state index in [0.29, 0.717) is 22.6 Å². The molecule has 0 bridgehead atoms. The van der Waals surface area contributed by atoms with Crippen molar-refractivity contribution >= 4 is 22.7 Å². The molecule has 0 saturated heterocycles. The van der Waals surface area contributed by atoms with E-state index in [1.165, 1.54) is 7.11 Å². The van der Waals surface area contributed by atoms with Crippen molar-refractivity contribution in [2.75, 3.05) is 7.11 Å². The average Bonchev–Trinajstić information content (AvgIpc) is 3.27. The predicted molar refractivity (Wildman–Crippen MR) is 110 cm³/mol. The fraction of sp³-hybridized carbons (Fsp3) is 0.136. The van der Waals surface area contributed by atoms with E-state index in [1.54, 1.807) is 24.3 Å². The smallest absolute Gasteiger partial charge is 0.291 e. The summed E-state index contributed by atoms with van der Waals surface area (Å²) >= 11 is 0. The van der Waals surface area contributed by atoms with E-state index < -0.39 is 0 Å². The van der Waals surface area contributed by atoms with Crippen molar-refractivity contribution in [3.63, 3.8) is 0 Å². The number of H-pyrrole nitrogens is 2. The van der Waals surface area contributed by atoms with Crippen LogP contribution in [0.3, 0.4) is 0 Å². The minimum atomic E-state index is -0.355. The number of aromatic nitrogens is 3. The summed E-state index contributed by atoms with van der Waals surface area (Å²) in [6.45, 7) is 3.73. The normalized spacial score (nSPS) is 11.0. The minimum absolute atomic E-state index is 0.0452. The van der Waals surface area contributed by atoms with Crippen molar-refractivity contribution in [2.24, 2.45) is 0 Å². The van der Waals surface area contributed by atoms with Gasteiger partial charge in [-0.25, -0.2) is 10.5 Å². The molecule has 0 radical (unpaired) electrons. The molecule has 4 aromatic rings. The number of rotatable bonds is 5. The Bertz CT molecular complexity index is 1220. The maximum atomic E-state index is 12.7. The first-order valence-corrected chi connectivity index (χ1v) is 9.12. The average molecular weight is 388 g/mol. The molecule has 0 aliphatic carbocycles. The van der Waals surface area contributed by atoms with E-state index in [9.17, 15) is 9.59 Å². The Balaban J connectivity index is 1.74. The number of carbonyl (C=O) groups is 2. The largest absolute Gasteiger partial charge is 0.354 e. The van der Waals surface area contributed by atoms with E-state index >= 15 is 0 Å². The monoisotopic (exact) mass is 388 g/mol. The van der Waals surface area contributed by atoms with Gasteiger partial charge in [0.25, 0.3) is 5.91 Å². The Kier molecular flexibility index (Phi) is 4.74. The van der Waals surface area contributed by atoms with E-state index in [2.05, 4.69) is 20.4 Å². The molecular formula is C22H20N4O3. The van der Waals surface area contributed by atoms with E-state index in [4.69, 9.17) is 4.84 Å². The van der Waals surface area contributed by atoms with Crippen molar-refractivity contribution < 1.29 is 14.4 Å². The van der Waals surface area contributed by atoms with Gasteiger partial charge in [-0.3, -0.25) is 14.4 Å². The van der Waals surface area contributed by atoms with Gasteiger partial charge in [0.05, 0.1) is 18.1 Å². The Hall–Kier alpha value is -3.71. The molecule has 7 nitrogen and oxygen atoms in total. The highest BCUT2D eigenvalue weighted by Crippen LogP contribution is 2.29. The number of nitrogens with one attached hydrogen (secondary N) is 3. The highest BCUT2D eigenvalue weighted by Gasteiger charge is 2.21.